The molecule has 0 unspecified atom stereocenters. The molecule has 0 saturated heterocycles. The number of hydrogen-bond donors (Lipinski definition) is 1. The maximum atomic E-state index is 12.0. The van der Waals surface area contributed by atoms with Crippen molar-refractivity contribution in [1.82, 2.24) is 9.88 Å². The van der Waals surface area contributed by atoms with E-state index in [2.05, 4.69) is 9.72 Å². The van der Waals surface area contributed by atoms with Gasteiger partial charge in [0.25, 0.3) is 5.91 Å². The lowest BCUT2D eigenvalue weighted by molar-refractivity contribution is -0.144. The molecule has 1 atom stereocenters. The van der Waals surface area contributed by atoms with Crippen LogP contribution in [0.1, 0.15) is 23.0 Å². The van der Waals surface area contributed by atoms with Crippen LogP contribution in [0, 0.1) is 5.41 Å². The quantitative estimate of drug-likeness (QED) is 0.750. The largest absolute Gasteiger partial charge is 0.467 e. The fourth-order valence-corrected chi connectivity index (χ4v) is 1.76. The van der Waals surface area contributed by atoms with Crippen LogP contribution in [0.5, 0.6) is 0 Å². The Morgan fingerprint density at radius 2 is 2.29 bits per heavy atom. The van der Waals surface area contributed by atoms with Crippen LogP contribution in [-0.2, 0) is 9.53 Å². The van der Waals surface area contributed by atoms with Gasteiger partial charge in [-0.15, -0.1) is 0 Å². The van der Waals surface area contributed by atoms with Gasteiger partial charge in [0.2, 0.25) is 0 Å². The van der Waals surface area contributed by atoms with Gasteiger partial charge >= 0.3 is 5.97 Å². The SMILES string of the molecule is COC(=O)[C@H](C)N1C(=N)c2ncccc2C1=O. The Kier molecular flexibility index (Phi) is 2.63. The molecule has 0 radical (unpaired) electrons. The van der Waals surface area contributed by atoms with E-state index >= 15 is 0 Å². The lowest BCUT2D eigenvalue weighted by Gasteiger charge is -2.21. The fourth-order valence-electron chi connectivity index (χ4n) is 1.76. The Bertz CT molecular complexity index is 477. The molecule has 0 aliphatic carbocycles. The highest BCUT2D eigenvalue weighted by molar-refractivity contribution is 6.22. The number of hydrogen-bond acceptors (Lipinski definition) is 5. The summed E-state index contributed by atoms with van der Waals surface area (Å²) in [6.07, 6.45) is 1.51. The van der Waals surface area contributed by atoms with Gasteiger partial charge in [0.15, 0.2) is 5.84 Å². The maximum Gasteiger partial charge on any atom is 0.328 e. The molecule has 0 aromatic carbocycles. The summed E-state index contributed by atoms with van der Waals surface area (Å²) in [5.41, 5.74) is 0.640. The zero-order valence-corrected chi connectivity index (χ0v) is 9.43. The average molecular weight is 233 g/mol. The number of nitrogens with zero attached hydrogens (tertiary/aromatic N) is 2. The first kappa shape index (κ1) is 11.3. The minimum Gasteiger partial charge on any atom is -0.467 e. The molecule has 17 heavy (non-hydrogen) atoms. The molecule has 1 aliphatic rings. The van der Waals surface area contributed by atoms with Gasteiger partial charge in [0.05, 0.1) is 12.7 Å². The van der Waals surface area contributed by atoms with Crippen LogP contribution in [-0.4, -0.2) is 40.7 Å². The van der Waals surface area contributed by atoms with Crippen molar-refractivity contribution in [2.45, 2.75) is 13.0 Å². The highest BCUT2D eigenvalue weighted by Crippen LogP contribution is 2.22. The van der Waals surface area contributed by atoms with Crippen LogP contribution in [0.2, 0.25) is 0 Å². The molecule has 0 fully saturated rings. The van der Waals surface area contributed by atoms with Crippen LogP contribution in [0.4, 0.5) is 0 Å². The Morgan fingerprint density at radius 1 is 1.59 bits per heavy atom. The fraction of sp³-hybridized carbons (Fsp3) is 0.273. The third-order valence-corrected chi connectivity index (χ3v) is 2.65. The Morgan fingerprint density at radius 3 is 2.88 bits per heavy atom. The molecule has 1 aliphatic heterocycles. The van der Waals surface area contributed by atoms with E-state index in [1.165, 1.54) is 20.2 Å². The predicted molar refractivity (Wildman–Crippen MR) is 58.7 cm³/mol. The number of nitrogens with one attached hydrogen (secondary N) is 1. The van der Waals surface area contributed by atoms with Crippen molar-refractivity contribution in [2.75, 3.05) is 7.11 Å². The molecule has 1 aromatic rings. The summed E-state index contributed by atoms with van der Waals surface area (Å²) in [5.74, 6) is -1.02. The van der Waals surface area contributed by atoms with Crippen LogP contribution in [0.3, 0.4) is 0 Å². The standard InChI is InChI=1S/C11H11N3O3/c1-6(11(16)17-2)14-9(12)8-7(10(14)15)4-3-5-13-8/h3-6,12H,1-2H3/t6-/m0/s1. The van der Waals surface area contributed by atoms with E-state index in [0.717, 1.165) is 4.90 Å². The van der Waals surface area contributed by atoms with Gasteiger partial charge in [-0.2, -0.15) is 0 Å². The van der Waals surface area contributed by atoms with E-state index in [9.17, 15) is 9.59 Å². The van der Waals surface area contributed by atoms with E-state index < -0.39 is 17.9 Å². The second-order valence-corrected chi connectivity index (χ2v) is 3.62. The summed E-state index contributed by atoms with van der Waals surface area (Å²) in [5, 5.41) is 7.85. The number of rotatable bonds is 2. The Balaban J connectivity index is 2.40. The number of pyridine rings is 1. The molecule has 1 aromatic heterocycles. The predicted octanol–water partition coefficient (Wildman–Crippen LogP) is 0.424. The third kappa shape index (κ3) is 1.57. The summed E-state index contributed by atoms with van der Waals surface area (Å²) >= 11 is 0. The molecule has 1 N–H and O–H groups in total. The summed E-state index contributed by atoms with van der Waals surface area (Å²) < 4.78 is 4.57. The Labute approximate surface area is 97.7 Å². The minimum absolute atomic E-state index is 0.0662. The van der Waals surface area contributed by atoms with Crippen molar-refractivity contribution in [3.05, 3.63) is 29.6 Å². The first-order chi connectivity index (χ1) is 8.07. The van der Waals surface area contributed by atoms with E-state index in [4.69, 9.17) is 5.41 Å². The van der Waals surface area contributed by atoms with Gasteiger partial charge in [-0.25, -0.2) is 4.79 Å². The van der Waals surface area contributed by atoms with Crippen molar-refractivity contribution in [1.29, 1.82) is 5.41 Å². The normalized spacial score (nSPS) is 15.8. The van der Waals surface area contributed by atoms with Crippen molar-refractivity contribution in [2.24, 2.45) is 0 Å². The number of fused-ring (bicyclic) bond motifs is 1. The monoisotopic (exact) mass is 233 g/mol. The Hall–Kier alpha value is -2.24. The van der Waals surface area contributed by atoms with E-state index in [1.54, 1.807) is 12.1 Å². The van der Waals surface area contributed by atoms with E-state index in [0.29, 0.717) is 11.3 Å². The maximum absolute atomic E-state index is 12.0. The molecule has 6 nitrogen and oxygen atoms in total. The highest BCUT2D eigenvalue weighted by Gasteiger charge is 2.39. The molecular weight excluding hydrogens is 222 g/mol. The molecule has 0 saturated carbocycles. The zero-order chi connectivity index (χ0) is 12.6. The number of carbonyl (C=O) groups excluding carboxylic acids is 2. The van der Waals surface area contributed by atoms with Gasteiger partial charge in [-0.3, -0.25) is 20.1 Å². The van der Waals surface area contributed by atoms with E-state index in [-0.39, 0.29) is 5.84 Å². The summed E-state index contributed by atoms with van der Waals surface area (Å²) in [6, 6.07) is 2.38. The van der Waals surface area contributed by atoms with Gasteiger partial charge in [-0.1, -0.05) is 0 Å². The van der Waals surface area contributed by atoms with Crippen molar-refractivity contribution < 1.29 is 14.3 Å². The summed E-state index contributed by atoms with van der Waals surface area (Å²) in [4.78, 5) is 28.5. The first-order valence-corrected chi connectivity index (χ1v) is 5.03. The lowest BCUT2D eigenvalue weighted by atomic mass is 10.2. The van der Waals surface area contributed by atoms with Crippen LogP contribution < -0.4 is 0 Å². The zero-order valence-electron chi connectivity index (χ0n) is 9.43. The van der Waals surface area contributed by atoms with Crippen molar-refractivity contribution in [3.63, 3.8) is 0 Å². The molecule has 0 spiro atoms. The topological polar surface area (TPSA) is 83.3 Å². The van der Waals surface area contributed by atoms with Crippen LogP contribution >= 0.6 is 0 Å². The van der Waals surface area contributed by atoms with Gasteiger partial charge in [-0.05, 0) is 19.1 Å². The molecule has 6 heteroatoms. The molecule has 88 valence electrons. The van der Waals surface area contributed by atoms with Crippen molar-refractivity contribution in [3.8, 4) is 0 Å². The van der Waals surface area contributed by atoms with Gasteiger partial charge < -0.3 is 4.74 Å². The second kappa shape index (κ2) is 3.97. The number of carbonyl (C=O) groups is 2. The lowest BCUT2D eigenvalue weighted by Crippen LogP contribution is -2.43. The molecular formula is C11H11N3O3. The molecule has 2 heterocycles. The number of esters is 1. The summed E-state index contributed by atoms with van der Waals surface area (Å²) in [7, 11) is 1.24. The van der Waals surface area contributed by atoms with Crippen LogP contribution in [0.15, 0.2) is 18.3 Å². The number of methoxy groups -OCH3 is 1. The van der Waals surface area contributed by atoms with Crippen LogP contribution in [0.25, 0.3) is 0 Å². The second-order valence-electron chi connectivity index (χ2n) is 3.62. The number of amidine groups is 1. The van der Waals surface area contributed by atoms with Crippen molar-refractivity contribution >= 4 is 17.7 Å². The smallest absolute Gasteiger partial charge is 0.328 e. The minimum atomic E-state index is -0.825. The summed E-state index contributed by atoms with van der Waals surface area (Å²) in [6.45, 7) is 1.52. The first-order valence-electron chi connectivity index (χ1n) is 5.03. The van der Waals surface area contributed by atoms with E-state index in [1.807, 2.05) is 0 Å². The number of ether oxygens (including phenoxy) is 1. The average Bonchev–Trinajstić information content (AvgIpc) is 2.61. The third-order valence-electron chi connectivity index (χ3n) is 2.65. The molecule has 0 bridgehead atoms. The molecule has 1 amide bonds. The van der Waals surface area contributed by atoms with Gasteiger partial charge in [0, 0.05) is 6.20 Å². The number of amides is 1. The molecule has 2 rings (SSSR count). The number of aromatic nitrogens is 1. The highest BCUT2D eigenvalue weighted by atomic mass is 16.5. The van der Waals surface area contributed by atoms with Gasteiger partial charge in [0.1, 0.15) is 11.7 Å².